The topological polar surface area (TPSA) is 57.7 Å². The van der Waals surface area contributed by atoms with Crippen LogP contribution in [0.5, 0.6) is 0 Å². The van der Waals surface area contributed by atoms with Gasteiger partial charge in [0.15, 0.2) is 9.84 Å². The van der Waals surface area contributed by atoms with Crippen molar-refractivity contribution >= 4 is 15.7 Å². The number of rotatable bonds is 4. The fraction of sp³-hybridized carbons (Fsp3) is 0.435. The highest BCUT2D eigenvalue weighted by Gasteiger charge is 2.24. The van der Waals surface area contributed by atoms with E-state index in [1.54, 1.807) is 12.1 Å². The molecule has 3 rings (SSSR count). The standard InChI is InChI=1S/C23H30N2O3S/c1-16-6-7-21(29(5,27)28)14-22(16)23(26)25-10-8-24(9-11-25)15-20-13-18(3)17(2)12-19(20)4/h6-7,12-14H,8-11,15H2,1-5H3. The summed E-state index contributed by atoms with van der Waals surface area (Å²) in [4.78, 5) is 17.4. The number of sulfone groups is 1. The minimum atomic E-state index is -3.34. The minimum Gasteiger partial charge on any atom is -0.336 e. The molecule has 1 aliphatic heterocycles. The molecule has 0 N–H and O–H groups in total. The van der Waals surface area contributed by atoms with E-state index in [9.17, 15) is 13.2 Å². The smallest absolute Gasteiger partial charge is 0.254 e. The van der Waals surface area contributed by atoms with E-state index < -0.39 is 9.84 Å². The molecule has 1 saturated heterocycles. The fourth-order valence-electron chi connectivity index (χ4n) is 3.77. The number of benzene rings is 2. The quantitative estimate of drug-likeness (QED) is 0.770. The van der Waals surface area contributed by atoms with E-state index in [0.717, 1.165) is 25.2 Å². The Labute approximate surface area is 174 Å². The van der Waals surface area contributed by atoms with Crippen LogP contribution in [0.2, 0.25) is 0 Å². The summed E-state index contributed by atoms with van der Waals surface area (Å²) in [5.41, 5.74) is 6.54. The Morgan fingerprint density at radius 3 is 2.10 bits per heavy atom. The van der Waals surface area contributed by atoms with Crippen LogP contribution in [0.3, 0.4) is 0 Å². The highest BCUT2D eigenvalue weighted by atomic mass is 32.2. The van der Waals surface area contributed by atoms with Crippen molar-refractivity contribution in [1.82, 2.24) is 9.80 Å². The number of carbonyl (C=O) groups is 1. The largest absolute Gasteiger partial charge is 0.336 e. The molecule has 0 radical (unpaired) electrons. The van der Waals surface area contributed by atoms with Crippen molar-refractivity contribution in [3.05, 3.63) is 63.7 Å². The Morgan fingerprint density at radius 2 is 1.48 bits per heavy atom. The first-order chi connectivity index (χ1) is 13.6. The van der Waals surface area contributed by atoms with Gasteiger partial charge in [0, 0.05) is 44.5 Å². The van der Waals surface area contributed by atoms with Crippen LogP contribution < -0.4 is 0 Å². The highest BCUT2D eigenvalue weighted by Crippen LogP contribution is 2.20. The zero-order valence-corrected chi connectivity index (χ0v) is 18.8. The lowest BCUT2D eigenvalue weighted by atomic mass is 10.0. The molecule has 0 unspecified atom stereocenters. The summed E-state index contributed by atoms with van der Waals surface area (Å²) < 4.78 is 23.7. The van der Waals surface area contributed by atoms with Gasteiger partial charge in [-0.15, -0.1) is 0 Å². The second-order valence-corrected chi connectivity index (χ2v) is 10.2. The Hall–Kier alpha value is -2.18. The van der Waals surface area contributed by atoms with Crippen molar-refractivity contribution in [3.8, 4) is 0 Å². The molecule has 156 valence electrons. The highest BCUT2D eigenvalue weighted by molar-refractivity contribution is 7.90. The van der Waals surface area contributed by atoms with Crippen molar-refractivity contribution in [2.45, 2.75) is 39.1 Å². The van der Waals surface area contributed by atoms with Crippen molar-refractivity contribution in [2.24, 2.45) is 0 Å². The van der Waals surface area contributed by atoms with Crippen LogP contribution in [0.1, 0.15) is 38.2 Å². The molecule has 0 aromatic heterocycles. The van der Waals surface area contributed by atoms with E-state index in [1.807, 2.05) is 11.8 Å². The van der Waals surface area contributed by atoms with Crippen molar-refractivity contribution in [3.63, 3.8) is 0 Å². The summed E-state index contributed by atoms with van der Waals surface area (Å²) in [7, 11) is -3.34. The van der Waals surface area contributed by atoms with Crippen LogP contribution >= 0.6 is 0 Å². The SMILES string of the molecule is Cc1cc(C)c(CN2CCN(C(=O)c3cc(S(C)(=O)=O)ccc3C)CC2)cc1C. The maximum Gasteiger partial charge on any atom is 0.254 e. The number of nitrogens with zero attached hydrogens (tertiary/aromatic N) is 2. The third-order valence-electron chi connectivity index (χ3n) is 5.87. The van der Waals surface area contributed by atoms with E-state index in [0.29, 0.717) is 18.7 Å². The zero-order valence-electron chi connectivity index (χ0n) is 17.9. The summed E-state index contributed by atoms with van der Waals surface area (Å²) in [6, 6.07) is 9.29. The van der Waals surface area contributed by atoms with Gasteiger partial charge in [0.05, 0.1) is 4.90 Å². The van der Waals surface area contributed by atoms with E-state index in [1.165, 1.54) is 34.6 Å². The molecule has 0 bridgehead atoms. The monoisotopic (exact) mass is 414 g/mol. The van der Waals surface area contributed by atoms with Gasteiger partial charge in [-0.2, -0.15) is 0 Å². The van der Waals surface area contributed by atoms with Gasteiger partial charge in [0.25, 0.3) is 5.91 Å². The summed E-state index contributed by atoms with van der Waals surface area (Å²) in [5, 5.41) is 0. The normalized spacial score (nSPS) is 15.6. The van der Waals surface area contributed by atoms with E-state index >= 15 is 0 Å². The van der Waals surface area contributed by atoms with Gasteiger partial charge in [-0.1, -0.05) is 18.2 Å². The molecule has 1 heterocycles. The second-order valence-electron chi connectivity index (χ2n) is 8.18. The Bertz CT molecular complexity index is 1040. The third kappa shape index (κ3) is 4.87. The van der Waals surface area contributed by atoms with Gasteiger partial charge in [-0.25, -0.2) is 8.42 Å². The predicted octanol–water partition coefficient (Wildman–Crippen LogP) is 3.28. The fourth-order valence-corrected chi connectivity index (χ4v) is 4.42. The number of hydrogen-bond donors (Lipinski definition) is 0. The molecule has 1 aliphatic rings. The minimum absolute atomic E-state index is 0.0880. The molecule has 2 aromatic carbocycles. The van der Waals surface area contributed by atoms with Crippen LogP contribution in [-0.2, 0) is 16.4 Å². The average Bonchev–Trinajstić information content (AvgIpc) is 2.65. The van der Waals surface area contributed by atoms with E-state index in [2.05, 4.69) is 37.8 Å². The Balaban J connectivity index is 1.68. The van der Waals surface area contributed by atoms with Gasteiger partial charge in [-0.3, -0.25) is 9.69 Å². The summed E-state index contributed by atoms with van der Waals surface area (Å²) in [5.74, 6) is -0.0880. The second kappa shape index (κ2) is 8.28. The van der Waals surface area contributed by atoms with Crippen LogP contribution in [0.4, 0.5) is 0 Å². The molecule has 0 aliphatic carbocycles. The maximum absolute atomic E-state index is 13.0. The molecule has 2 aromatic rings. The molecular formula is C23H30N2O3S. The molecule has 0 saturated carbocycles. The van der Waals surface area contributed by atoms with Crippen molar-refractivity contribution in [1.29, 1.82) is 0 Å². The molecule has 29 heavy (non-hydrogen) atoms. The van der Waals surface area contributed by atoms with Crippen molar-refractivity contribution in [2.75, 3.05) is 32.4 Å². The zero-order chi connectivity index (χ0) is 21.3. The number of aryl methyl sites for hydroxylation is 4. The molecule has 5 nitrogen and oxygen atoms in total. The molecule has 0 atom stereocenters. The number of hydrogen-bond acceptors (Lipinski definition) is 4. The molecule has 1 fully saturated rings. The van der Waals surface area contributed by atoms with Crippen LogP contribution in [0.25, 0.3) is 0 Å². The molecule has 1 amide bonds. The lowest BCUT2D eigenvalue weighted by Crippen LogP contribution is -2.48. The summed E-state index contributed by atoms with van der Waals surface area (Å²) in [6.45, 7) is 12.1. The maximum atomic E-state index is 13.0. The van der Waals surface area contributed by atoms with Gasteiger partial charge < -0.3 is 4.90 Å². The van der Waals surface area contributed by atoms with Crippen LogP contribution in [0.15, 0.2) is 35.2 Å². The Kier molecular flexibility index (Phi) is 6.15. The predicted molar refractivity (Wildman–Crippen MR) is 116 cm³/mol. The van der Waals surface area contributed by atoms with Gasteiger partial charge in [-0.05, 0) is 67.6 Å². The van der Waals surface area contributed by atoms with Gasteiger partial charge >= 0.3 is 0 Å². The molecular weight excluding hydrogens is 384 g/mol. The van der Waals surface area contributed by atoms with Gasteiger partial charge in [0.1, 0.15) is 0 Å². The Morgan fingerprint density at radius 1 is 0.862 bits per heavy atom. The number of amides is 1. The first-order valence-corrected chi connectivity index (χ1v) is 11.8. The first-order valence-electron chi connectivity index (χ1n) is 9.95. The van der Waals surface area contributed by atoms with Crippen molar-refractivity contribution < 1.29 is 13.2 Å². The third-order valence-corrected chi connectivity index (χ3v) is 6.98. The lowest BCUT2D eigenvalue weighted by molar-refractivity contribution is 0.0627. The summed E-state index contributed by atoms with van der Waals surface area (Å²) >= 11 is 0. The van der Waals surface area contributed by atoms with E-state index in [-0.39, 0.29) is 10.8 Å². The summed E-state index contributed by atoms with van der Waals surface area (Å²) in [6.07, 6.45) is 1.17. The lowest BCUT2D eigenvalue weighted by Gasteiger charge is -2.35. The number of piperazine rings is 1. The van der Waals surface area contributed by atoms with Crippen LogP contribution in [0, 0.1) is 27.7 Å². The average molecular weight is 415 g/mol. The molecule has 6 heteroatoms. The number of carbonyl (C=O) groups excluding carboxylic acids is 1. The molecule has 0 spiro atoms. The van der Waals surface area contributed by atoms with Crippen LogP contribution in [-0.4, -0.2) is 56.6 Å². The van der Waals surface area contributed by atoms with E-state index in [4.69, 9.17) is 0 Å². The first kappa shape index (κ1) is 21.5. The van der Waals surface area contributed by atoms with Gasteiger partial charge in [0.2, 0.25) is 0 Å².